The van der Waals surface area contributed by atoms with Gasteiger partial charge >= 0.3 is 0 Å². The smallest absolute Gasteiger partial charge is 0.147 e. The SMILES string of the molecule is CCCN(CCC)C1CCN(c2cnc(-c3ccc(Cl)cc3)c(-c3ccc(Cl)cc3)n2)CC1. The number of hydrogen-bond acceptors (Lipinski definition) is 4. The van der Waals surface area contributed by atoms with Crippen molar-refractivity contribution in [3.8, 4) is 22.5 Å². The van der Waals surface area contributed by atoms with Gasteiger partial charge in [-0.2, -0.15) is 0 Å². The van der Waals surface area contributed by atoms with Crippen molar-refractivity contribution in [1.82, 2.24) is 14.9 Å². The highest BCUT2D eigenvalue weighted by Gasteiger charge is 2.25. The number of piperidine rings is 1. The Bertz CT molecular complexity index is 1020. The third kappa shape index (κ3) is 5.87. The Kier molecular flexibility index (Phi) is 8.24. The number of benzene rings is 2. The van der Waals surface area contributed by atoms with Crippen LogP contribution >= 0.6 is 23.2 Å². The van der Waals surface area contributed by atoms with Crippen LogP contribution in [0.4, 0.5) is 5.82 Å². The molecule has 2 heterocycles. The van der Waals surface area contributed by atoms with Crippen molar-refractivity contribution in [2.24, 2.45) is 0 Å². The molecule has 0 bridgehead atoms. The van der Waals surface area contributed by atoms with Crippen molar-refractivity contribution in [3.63, 3.8) is 0 Å². The van der Waals surface area contributed by atoms with Crippen molar-refractivity contribution >= 4 is 29.0 Å². The lowest BCUT2D eigenvalue weighted by Crippen LogP contribution is -2.45. The zero-order valence-electron chi connectivity index (χ0n) is 19.5. The van der Waals surface area contributed by atoms with E-state index in [1.807, 2.05) is 54.7 Å². The van der Waals surface area contributed by atoms with Gasteiger partial charge in [0.1, 0.15) is 5.82 Å². The molecule has 0 aliphatic carbocycles. The first-order valence-corrected chi connectivity index (χ1v) is 12.7. The lowest BCUT2D eigenvalue weighted by molar-refractivity contribution is 0.169. The van der Waals surface area contributed by atoms with Crippen LogP contribution in [-0.4, -0.2) is 47.1 Å². The minimum atomic E-state index is 0.665. The number of anilines is 1. The largest absolute Gasteiger partial charge is 0.355 e. The molecule has 6 heteroatoms. The maximum absolute atomic E-state index is 6.15. The van der Waals surface area contributed by atoms with Crippen LogP contribution in [0.1, 0.15) is 39.5 Å². The van der Waals surface area contributed by atoms with Gasteiger partial charge in [0.2, 0.25) is 0 Å². The second-order valence-corrected chi connectivity index (χ2v) is 9.57. The van der Waals surface area contributed by atoms with Crippen LogP contribution in [0.25, 0.3) is 22.5 Å². The normalized spacial score (nSPS) is 14.8. The summed E-state index contributed by atoms with van der Waals surface area (Å²) in [4.78, 5) is 15.0. The van der Waals surface area contributed by atoms with Crippen molar-refractivity contribution in [2.75, 3.05) is 31.1 Å². The fourth-order valence-electron chi connectivity index (χ4n) is 4.67. The van der Waals surface area contributed by atoms with Gasteiger partial charge in [-0.3, -0.25) is 4.98 Å². The number of nitrogens with zero attached hydrogens (tertiary/aromatic N) is 4. The molecule has 3 aromatic rings. The van der Waals surface area contributed by atoms with Crippen LogP contribution in [0.15, 0.2) is 54.7 Å². The highest BCUT2D eigenvalue weighted by atomic mass is 35.5. The van der Waals surface area contributed by atoms with Gasteiger partial charge in [0, 0.05) is 40.3 Å². The summed E-state index contributed by atoms with van der Waals surface area (Å²) in [6, 6.07) is 16.3. The summed E-state index contributed by atoms with van der Waals surface area (Å²) in [7, 11) is 0. The quantitative estimate of drug-likeness (QED) is 0.339. The van der Waals surface area contributed by atoms with Crippen LogP contribution < -0.4 is 4.90 Å². The molecule has 0 N–H and O–H groups in total. The van der Waals surface area contributed by atoms with E-state index in [2.05, 4.69) is 23.6 Å². The van der Waals surface area contributed by atoms with E-state index >= 15 is 0 Å². The molecule has 2 aromatic carbocycles. The summed E-state index contributed by atoms with van der Waals surface area (Å²) < 4.78 is 0. The molecule has 1 aromatic heterocycles. The Balaban J connectivity index is 1.60. The molecular weight excluding hydrogens is 451 g/mol. The minimum Gasteiger partial charge on any atom is -0.355 e. The van der Waals surface area contributed by atoms with E-state index < -0.39 is 0 Å². The van der Waals surface area contributed by atoms with Gasteiger partial charge in [-0.25, -0.2) is 4.98 Å². The lowest BCUT2D eigenvalue weighted by atomic mass is 10.0. The Morgan fingerprint density at radius 2 is 1.33 bits per heavy atom. The molecule has 1 fully saturated rings. The van der Waals surface area contributed by atoms with Gasteiger partial charge in [0.05, 0.1) is 17.6 Å². The Hall–Kier alpha value is -2.14. The Labute approximate surface area is 207 Å². The zero-order valence-corrected chi connectivity index (χ0v) is 21.0. The minimum absolute atomic E-state index is 0.665. The van der Waals surface area contributed by atoms with Crippen LogP contribution in [0.3, 0.4) is 0 Å². The molecule has 0 saturated carbocycles. The van der Waals surface area contributed by atoms with Crippen LogP contribution in [0.5, 0.6) is 0 Å². The van der Waals surface area contributed by atoms with E-state index in [0.29, 0.717) is 16.1 Å². The van der Waals surface area contributed by atoms with E-state index in [0.717, 1.165) is 54.3 Å². The monoisotopic (exact) mass is 482 g/mol. The third-order valence-electron chi connectivity index (χ3n) is 6.32. The number of rotatable bonds is 8. The molecule has 0 atom stereocenters. The molecular formula is C27H32Cl2N4. The van der Waals surface area contributed by atoms with E-state index in [-0.39, 0.29) is 0 Å². The number of aromatic nitrogens is 2. The van der Waals surface area contributed by atoms with Crippen LogP contribution in [0.2, 0.25) is 10.0 Å². The molecule has 174 valence electrons. The molecule has 33 heavy (non-hydrogen) atoms. The molecule has 4 nitrogen and oxygen atoms in total. The molecule has 0 spiro atoms. The van der Waals surface area contributed by atoms with Crippen molar-refractivity contribution < 1.29 is 0 Å². The summed E-state index contributed by atoms with van der Waals surface area (Å²) in [6.07, 6.45) is 6.66. The zero-order chi connectivity index (χ0) is 23.2. The highest BCUT2D eigenvalue weighted by molar-refractivity contribution is 6.31. The lowest BCUT2D eigenvalue weighted by Gasteiger charge is -2.39. The first-order valence-electron chi connectivity index (χ1n) is 12.0. The van der Waals surface area contributed by atoms with E-state index in [4.69, 9.17) is 33.2 Å². The van der Waals surface area contributed by atoms with Gasteiger partial charge in [-0.1, -0.05) is 61.3 Å². The maximum Gasteiger partial charge on any atom is 0.147 e. The summed E-state index contributed by atoms with van der Waals surface area (Å²) in [6.45, 7) is 8.93. The summed E-state index contributed by atoms with van der Waals surface area (Å²) in [5.41, 5.74) is 3.72. The van der Waals surface area contributed by atoms with Crippen LogP contribution in [-0.2, 0) is 0 Å². The van der Waals surface area contributed by atoms with Gasteiger partial charge in [0.15, 0.2) is 0 Å². The standard InChI is InChI=1S/C27H32Cl2N4/c1-3-15-32(16-4-2)24-13-17-33(18-14-24)25-19-30-26(20-5-9-22(28)10-6-20)27(31-25)21-7-11-23(29)12-8-21/h5-12,19,24H,3-4,13-18H2,1-2H3. The maximum atomic E-state index is 6.15. The summed E-state index contributed by atoms with van der Waals surface area (Å²) in [5.74, 6) is 0.939. The molecule has 1 saturated heterocycles. The highest BCUT2D eigenvalue weighted by Crippen LogP contribution is 2.32. The topological polar surface area (TPSA) is 32.3 Å². The predicted octanol–water partition coefficient (Wildman–Crippen LogP) is 7.21. The van der Waals surface area contributed by atoms with Crippen LogP contribution in [0, 0.1) is 0 Å². The fraction of sp³-hybridized carbons (Fsp3) is 0.407. The Morgan fingerprint density at radius 1 is 0.818 bits per heavy atom. The Morgan fingerprint density at radius 3 is 1.85 bits per heavy atom. The first-order chi connectivity index (χ1) is 16.1. The molecule has 0 radical (unpaired) electrons. The number of hydrogen-bond donors (Lipinski definition) is 0. The van der Waals surface area contributed by atoms with Crippen molar-refractivity contribution in [2.45, 2.75) is 45.6 Å². The fourth-order valence-corrected chi connectivity index (χ4v) is 4.92. The molecule has 1 aliphatic heterocycles. The molecule has 0 unspecified atom stereocenters. The van der Waals surface area contributed by atoms with Gasteiger partial charge in [-0.15, -0.1) is 0 Å². The van der Waals surface area contributed by atoms with E-state index in [9.17, 15) is 0 Å². The van der Waals surface area contributed by atoms with Gasteiger partial charge < -0.3 is 9.80 Å². The summed E-state index contributed by atoms with van der Waals surface area (Å²) in [5, 5.41) is 1.42. The second kappa shape index (κ2) is 11.3. The van der Waals surface area contributed by atoms with Crippen molar-refractivity contribution in [3.05, 3.63) is 64.8 Å². The molecule has 0 amide bonds. The van der Waals surface area contributed by atoms with E-state index in [1.165, 1.54) is 25.9 Å². The average molecular weight is 483 g/mol. The molecule has 4 rings (SSSR count). The van der Waals surface area contributed by atoms with Gasteiger partial charge in [-0.05, 0) is 63.0 Å². The van der Waals surface area contributed by atoms with Crippen molar-refractivity contribution in [1.29, 1.82) is 0 Å². The predicted molar refractivity (Wildman–Crippen MR) is 140 cm³/mol. The number of halogens is 2. The molecule has 1 aliphatic rings. The second-order valence-electron chi connectivity index (χ2n) is 8.69. The third-order valence-corrected chi connectivity index (χ3v) is 6.83. The first kappa shape index (κ1) is 24.0. The van der Waals surface area contributed by atoms with E-state index in [1.54, 1.807) is 0 Å². The average Bonchev–Trinajstić information content (AvgIpc) is 2.85. The van der Waals surface area contributed by atoms with Gasteiger partial charge in [0.25, 0.3) is 0 Å². The summed E-state index contributed by atoms with van der Waals surface area (Å²) >= 11 is 12.3.